The fourth-order valence-corrected chi connectivity index (χ4v) is 4.71. The van der Waals surface area contributed by atoms with Crippen LogP contribution < -0.4 is 10.6 Å². The van der Waals surface area contributed by atoms with Crippen LogP contribution in [-0.4, -0.2) is 60.2 Å². The van der Waals surface area contributed by atoms with Gasteiger partial charge in [0, 0.05) is 40.1 Å². The van der Waals surface area contributed by atoms with Crippen LogP contribution in [0.15, 0.2) is 4.99 Å². The minimum absolute atomic E-state index is 0. The van der Waals surface area contributed by atoms with Crippen LogP contribution in [0.1, 0.15) is 46.5 Å². The zero-order valence-electron chi connectivity index (χ0n) is 14.9. The molecule has 0 radical (unpaired) electrons. The molecule has 1 rings (SSSR count). The third-order valence-electron chi connectivity index (χ3n) is 4.08. The van der Waals surface area contributed by atoms with Gasteiger partial charge in [-0.2, -0.15) is 0 Å². The second kappa shape index (κ2) is 12.5. The van der Waals surface area contributed by atoms with E-state index in [1.54, 1.807) is 6.92 Å². The summed E-state index contributed by atoms with van der Waals surface area (Å²) in [4.78, 5) is 4.37. The first-order chi connectivity index (χ1) is 10.9. The number of halogens is 1. The molecule has 0 aromatic carbocycles. The van der Waals surface area contributed by atoms with E-state index in [4.69, 9.17) is 0 Å². The van der Waals surface area contributed by atoms with E-state index in [0.717, 1.165) is 32.2 Å². The SMILES string of the molecule is CCNC(=NCCS(=O)(=O)CC)NC1CCCC(S(=O)CC)C1.I. The third-order valence-corrected chi connectivity index (χ3v) is 7.50. The molecule has 0 aromatic rings. The number of rotatable bonds is 8. The molecular weight excluding hydrogens is 461 g/mol. The standard InChI is InChI=1S/C15H31N3O3S2.HI/c1-4-16-15(17-10-11-23(20,21)6-3)18-13-8-7-9-14(12-13)22(19)5-2;/h13-14H,4-12H2,1-3H3,(H2,16,17,18);1H. The van der Waals surface area contributed by atoms with E-state index in [1.165, 1.54) is 0 Å². The van der Waals surface area contributed by atoms with E-state index in [-0.39, 0.29) is 53.3 Å². The summed E-state index contributed by atoms with van der Waals surface area (Å²) in [7, 11) is -3.74. The summed E-state index contributed by atoms with van der Waals surface area (Å²) in [5, 5.41) is 6.80. The maximum absolute atomic E-state index is 12.0. The molecule has 1 aliphatic rings. The van der Waals surface area contributed by atoms with Crippen molar-refractivity contribution in [3.8, 4) is 0 Å². The Bertz CT molecular complexity index is 512. The molecule has 0 spiro atoms. The first-order valence-corrected chi connectivity index (χ1v) is 11.7. The maximum atomic E-state index is 12.0. The second-order valence-corrected chi connectivity index (χ2v) is 10.3. The Hall–Kier alpha value is 0.1000. The number of nitrogens with zero attached hydrogens (tertiary/aromatic N) is 1. The molecule has 0 aromatic heterocycles. The summed E-state index contributed by atoms with van der Waals surface area (Å²) in [6, 6.07) is 0.254. The van der Waals surface area contributed by atoms with Crippen LogP contribution in [0.5, 0.6) is 0 Å². The molecule has 0 heterocycles. The molecule has 1 fully saturated rings. The molecule has 1 saturated carbocycles. The smallest absolute Gasteiger partial charge is 0.191 e. The first-order valence-electron chi connectivity index (χ1n) is 8.54. The number of hydrogen-bond donors (Lipinski definition) is 2. The average Bonchev–Trinajstić information content (AvgIpc) is 2.54. The fourth-order valence-electron chi connectivity index (χ4n) is 2.70. The first kappa shape index (κ1) is 24.1. The van der Waals surface area contributed by atoms with E-state index >= 15 is 0 Å². The van der Waals surface area contributed by atoms with Crippen LogP contribution in [0.2, 0.25) is 0 Å². The van der Waals surface area contributed by atoms with Crippen LogP contribution in [-0.2, 0) is 20.6 Å². The highest BCUT2D eigenvalue weighted by Gasteiger charge is 2.26. The quantitative estimate of drug-likeness (QED) is 0.305. The van der Waals surface area contributed by atoms with Crippen molar-refractivity contribution in [1.82, 2.24) is 10.6 Å². The molecule has 9 heteroatoms. The van der Waals surface area contributed by atoms with Gasteiger partial charge in [0.2, 0.25) is 0 Å². The fraction of sp³-hybridized carbons (Fsp3) is 0.933. The highest BCUT2D eigenvalue weighted by Crippen LogP contribution is 2.22. The Labute approximate surface area is 166 Å². The Morgan fingerprint density at radius 2 is 1.96 bits per heavy atom. The van der Waals surface area contributed by atoms with Crippen LogP contribution in [0, 0.1) is 0 Å². The lowest BCUT2D eigenvalue weighted by molar-refractivity contribution is 0.413. The molecule has 2 N–H and O–H groups in total. The monoisotopic (exact) mass is 493 g/mol. The van der Waals surface area contributed by atoms with Crippen LogP contribution in [0.25, 0.3) is 0 Å². The summed E-state index contributed by atoms with van der Waals surface area (Å²) in [5.74, 6) is 1.60. The molecule has 144 valence electrons. The van der Waals surface area contributed by atoms with Crippen molar-refractivity contribution in [3.63, 3.8) is 0 Å². The Kier molecular flexibility index (Phi) is 12.5. The van der Waals surface area contributed by atoms with Crippen molar-refractivity contribution in [3.05, 3.63) is 0 Å². The summed E-state index contributed by atoms with van der Waals surface area (Å²) in [5.41, 5.74) is 0. The summed E-state index contributed by atoms with van der Waals surface area (Å²) in [6.45, 7) is 6.59. The zero-order valence-corrected chi connectivity index (χ0v) is 18.9. The average molecular weight is 493 g/mol. The minimum Gasteiger partial charge on any atom is -0.357 e. The van der Waals surface area contributed by atoms with Gasteiger partial charge in [-0.1, -0.05) is 20.3 Å². The molecule has 3 atom stereocenters. The normalized spacial score (nSPS) is 23.2. The lowest BCUT2D eigenvalue weighted by Gasteiger charge is -2.30. The Morgan fingerprint density at radius 3 is 2.54 bits per heavy atom. The van der Waals surface area contributed by atoms with E-state index in [1.807, 2.05) is 13.8 Å². The number of sulfone groups is 1. The van der Waals surface area contributed by atoms with Crippen molar-refractivity contribution >= 4 is 50.6 Å². The van der Waals surface area contributed by atoms with Gasteiger partial charge in [-0.15, -0.1) is 24.0 Å². The molecule has 0 amide bonds. The largest absolute Gasteiger partial charge is 0.357 e. The molecule has 0 bridgehead atoms. The van der Waals surface area contributed by atoms with E-state index < -0.39 is 20.6 Å². The molecule has 0 aliphatic heterocycles. The predicted octanol–water partition coefficient (Wildman–Crippen LogP) is 1.67. The van der Waals surface area contributed by atoms with E-state index in [9.17, 15) is 12.6 Å². The highest BCUT2D eigenvalue weighted by molar-refractivity contribution is 14.0. The number of hydrogen-bond acceptors (Lipinski definition) is 4. The van der Waals surface area contributed by atoms with Crippen LogP contribution >= 0.6 is 24.0 Å². The maximum Gasteiger partial charge on any atom is 0.191 e. The minimum atomic E-state index is -2.99. The molecule has 0 saturated heterocycles. The van der Waals surface area contributed by atoms with Crippen molar-refractivity contribution in [2.45, 2.75) is 57.7 Å². The summed E-state index contributed by atoms with van der Waals surface area (Å²) < 4.78 is 35.1. The van der Waals surface area contributed by atoms with Crippen LogP contribution in [0.3, 0.4) is 0 Å². The van der Waals surface area contributed by atoms with E-state index in [2.05, 4.69) is 15.6 Å². The topological polar surface area (TPSA) is 87.6 Å². The van der Waals surface area contributed by atoms with Gasteiger partial charge in [0.05, 0.1) is 12.3 Å². The Balaban J connectivity index is 0.00000529. The molecule has 3 unspecified atom stereocenters. The van der Waals surface area contributed by atoms with E-state index in [0.29, 0.717) is 11.7 Å². The van der Waals surface area contributed by atoms with Crippen molar-refractivity contribution in [2.24, 2.45) is 4.99 Å². The summed E-state index contributed by atoms with van der Waals surface area (Å²) in [6.07, 6.45) is 4.02. The highest BCUT2D eigenvalue weighted by atomic mass is 127. The second-order valence-electron chi connectivity index (χ2n) is 5.80. The van der Waals surface area contributed by atoms with Gasteiger partial charge >= 0.3 is 0 Å². The predicted molar refractivity (Wildman–Crippen MR) is 114 cm³/mol. The van der Waals surface area contributed by atoms with Gasteiger partial charge in [0.1, 0.15) is 0 Å². The van der Waals surface area contributed by atoms with Gasteiger partial charge in [0.25, 0.3) is 0 Å². The van der Waals surface area contributed by atoms with Gasteiger partial charge in [-0.05, 0) is 26.2 Å². The summed E-state index contributed by atoms with van der Waals surface area (Å²) >= 11 is 0. The van der Waals surface area contributed by atoms with Gasteiger partial charge in [0.15, 0.2) is 15.8 Å². The van der Waals surface area contributed by atoms with Crippen molar-refractivity contribution in [2.75, 3.05) is 30.3 Å². The zero-order chi connectivity index (χ0) is 17.3. The third kappa shape index (κ3) is 8.98. The van der Waals surface area contributed by atoms with Gasteiger partial charge in [-0.25, -0.2) is 8.42 Å². The lowest BCUT2D eigenvalue weighted by Crippen LogP contribution is -2.46. The number of guanidine groups is 1. The number of aliphatic imine (C=N–C) groups is 1. The van der Waals surface area contributed by atoms with Gasteiger partial charge in [-0.3, -0.25) is 9.20 Å². The van der Waals surface area contributed by atoms with Gasteiger partial charge < -0.3 is 10.6 Å². The van der Waals surface area contributed by atoms with Crippen LogP contribution in [0.4, 0.5) is 0 Å². The molecule has 24 heavy (non-hydrogen) atoms. The molecule has 6 nitrogen and oxygen atoms in total. The Morgan fingerprint density at radius 1 is 1.25 bits per heavy atom. The lowest BCUT2D eigenvalue weighted by atomic mass is 9.95. The van der Waals surface area contributed by atoms with Crippen molar-refractivity contribution in [1.29, 1.82) is 0 Å². The number of nitrogens with one attached hydrogen (secondary N) is 2. The molecule has 1 aliphatic carbocycles. The molecular formula is C15H32IN3O3S2. The van der Waals surface area contributed by atoms with Crippen molar-refractivity contribution < 1.29 is 12.6 Å².